The summed E-state index contributed by atoms with van der Waals surface area (Å²) in [6, 6.07) is 7.36. The van der Waals surface area contributed by atoms with Gasteiger partial charge >= 0.3 is 0 Å². The van der Waals surface area contributed by atoms with E-state index in [1.807, 2.05) is 25.1 Å². The lowest BCUT2D eigenvalue weighted by atomic mass is 10.3. The fourth-order valence-corrected chi connectivity index (χ4v) is 0.985. The SMILES string of the molecule is CC(CN)Oc1ccccc1Cl. The van der Waals surface area contributed by atoms with Crippen LogP contribution in [0.4, 0.5) is 0 Å². The summed E-state index contributed by atoms with van der Waals surface area (Å²) in [4.78, 5) is 0. The first-order valence-electron chi connectivity index (χ1n) is 3.85. The predicted octanol–water partition coefficient (Wildman–Crippen LogP) is 2.07. The van der Waals surface area contributed by atoms with E-state index in [0.717, 1.165) is 0 Å². The van der Waals surface area contributed by atoms with Crippen molar-refractivity contribution in [1.82, 2.24) is 0 Å². The monoisotopic (exact) mass is 185 g/mol. The van der Waals surface area contributed by atoms with Gasteiger partial charge in [0.05, 0.1) is 5.02 Å². The topological polar surface area (TPSA) is 35.2 Å². The van der Waals surface area contributed by atoms with E-state index in [2.05, 4.69) is 0 Å². The molecule has 0 amide bonds. The molecule has 3 heteroatoms. The standard InChI is InChI=1S/C9H12ClNO/c1-7(6-11)12-9-5-3-2-4-8(9)10/h2-5,7H,6,11H2,1H3. The van der Waals surface area contributed by atoms with Crippen LogP contribution >= 0.6 is 11.6 Å². The van der Waals surface area contributed by atoms with Crippen molar-refractivity contribution in [3.8, 4) is 5.75 Å². The third-order valence-electron chi connectivity index (χ3n) is 1.50. The maximum atomic E-state index is 5.86. The minimum Gasteiger partial charge on any atom is -0.488 e. The van der Waals surface area contributed by atoms with E-state index in [4.69, 9.17) is 22.1 Å². The summed E-state index contributed by atoms with van der Waals surface area (Å²) in [6.45, 7) is 2.40. The van der Waals surface area contributed by atoms with Crippen LogP contribution in [0.15, 0.2) is 24.3 Å². The molecule has 0 aliphatic rings. The molecular formula is C9H12ClNO. The Morgan fingerprint density at radius 3 is 2.75 bits per heavy atom. The molecule has 2 N–H and O–H groups in total. The minimum atomic E-state index is 0.00454. The molecule has 2 nitrogen and oxygen atoms in total. The number of halogens is 1. The molecule has 0 spiro atoms. The molecule has 0 fully saturated rings. The molecule has 0 aliphatic carbocycles. The number of hydrogen-bond acceptors (Lipinski definition) is 2. The maximum absolute atomic E-state index is 5.86. The molecule has 1 rings (SSSR count). The first kappa shape index (κ1) is 9.36. The van der Waals surface area contributed by atoms with E-state index in [-0.39, 0.29) is 6.10 Å². The lowest BCUT2D eigenvalue weighted by Gasteiger charge is -2.12. The van der Waals surface area contributed by atoms with Crippen LogP contribution in [0.2, 0.25) is 5.02 Å². The predicted molar refractivity (Wildman–Crippen MR) is 50.6 cm³/mol. The number of ether oxygens (including phenoxy) is 1. The fourth-order valence-electron chi connectivity index (χ4n) is 0.805. The Bertz CT molecular complexity index is 252. The van der Waals surface area contributed by atoms with E-state index in [1.165, 1.54) is 0 Å². The summed E-state index contributed by atoms with van der Waals surface area (Å²) in [7, 11) is 0. The Labute approximate surface area is 77.3 Å². The second-order valence-corrected chi connectivity index (χ2v) is 3.00. The fraction of sp³-hybridized carbons (Fsp3) is 0.333. The van der Waals surface area contributed by atoms with Crippen LogP contribution in [0, 0.1) is 0 Å². The molecule has 0 radical (unpaired) electrons. The third-order valence-corrected chi connectivity index (χ3v) is 1.81. The molecule has 1 aromatic rings. The molecule has 1 unspecified atom stereocenters. The van der Waals surface area contributed by atoms with Gasteiger partial charge in [0.2, 0.25) is 0 Å². The first-order chi connectivity index (χ1) is 5.74. The Morgan fingerprint density at radius 1 is 1.50 bits per heavy atom. The van der Waals surface area contributed by atoms with Gasteiger partial charge in [-0.15, -0.1) is 0 Å². The molecule has 0 aliphatic heterocycles. The molecule has 0 saturated carbocycles. The van der Waals surface area contributed by atoms with Crippen LogP contribution in [0.25, 0.3) is 0 Å². The number of para-hydroxylation sites is 1. The van der Waals surface area contributed by atoms with Crippen molar-refractivity contribution in [3.05, 3.63) is 29.3 Å². The summed E-state index contributed by atoms with van der Waals surface area (Å²) >= 11 is 5.86. The van der Waals surface area contributed by atoms with Gasteiger partial charge in [-0.3, -0.25) is 0 Å². The highest BCUT2D eigenvalue weighted by molar-refractivity contribution is 6.32. The lowest BCUT2D eigenvalue weighted by Crippen LogP contribution is -2.22. The van der Waals surface area contributed by atoms with Gasteiger partial charge in [-0.25, -0.2) is 0 Å². The summed E-state index contributed by atoms with van der Waals surface area (Å²) in [5.74, 6) is 0.692. The third kappa shape index (κ3) is 2.40. The number of hydrogen-bond donors (Lipinski definition) is 1. The van der Waals surface area contributed by atoms with E-state index in [9.17, 15) is 0 Å². The smallest absolute Gasteiger partial charge is 0.138 e. The molecule has 1 aromatic carbocycles. The molecule has 0 bridgehead atoms. The molecular weight excluding hydrogens is 174 g/mol. The van der Waals surface area contributed by atoms with E-state index < -0.39 is 0 Å². The van der Waals surface area contributed by atoms with Gasteiger partial charge in [-0.1, -0.05) is 23.7 Å². The van der Waals surface area contributed by atoms with Gasteiger partial charge in [0.15, 0.2) is 0 Å². The van der Waals surface area contributed by atoms with E-state index >= 15 is 0 Å². The highest BCUT2D eigenvalue weighted by atomic mass is 35.5. The van der Waals surface area contributed by atoms with Gasteiger partial charge in [0.25, 0.3) is 0 Å². The molecule has 0 aromatic heterocycles. The molecule has 0 saturated heterocycles. The summed E-state index contributed by atoms with van der Waals surface area (Å²) in [5, 5.41) is 0.623. The summed E-state index contributed by atoms with van der Waals surface area (Å²) < 4.78 is 5.44. The Morgan fingerprint density at radius 2 is 2.17 bits per heavy atom. The van der Waals surface area contributed by atoms with Crippen molar-refractivity contribution < 1.29 is 4.74 Å². The quantitative estimate of drug-likeness (QED) is 0.783. The minimum absolute atomic E-state index is 0.00454. The molecule has 12 heavy (non-hydrogen) atoms. The normalized spacial score (nSPS) is 12.6. The molecule has 0 heterocycles. The van der Waals surface area contributed by atoms with E-state index in [0.29, 0.717) is 17.3 Å². The van der Waals surface area contributed by atoms with Crippen LogP contribution in [0.5, 0.6) is 5.75 Å². The van der Waals surface area contributed by atoms with Gasteiger partial charge in [-0.05, 0) is 19.1 Å². The van der Waals surface area contributed by atoms with Gasteiger partial charge < -0.3 is 10.5 Å². The average molecular weight is 186 g/mol. The van der Waals surface area contributed by atoms with Crippen molar-refractivity contribution in [2.24, 2.45) is 5.73 Å². The Hall–Kier alpha value is -0.730. The van der Waals surface area contributed by atoms with Crippen molar-refractivity contribution in [3.63, 3.8) is 0 Å². The second-order valence-electron chi connectivity index (χ2n) is 2.59. The van der Waals surface area contributed by atoms with Crippen molar-refractivity contribution in [2.75, 3.05) is 6.54 Å². The molecule has 66 valence electrons. The van der Waals surface area contributed by atoms with Crippen LogP contribution in [-0.4, -0.2) is 12.6 Å². The summed E-state index contributed by atoms with van der Waals surface area (Å²) in [6.07, 6.45) is 0.00454. The van der Waals surface area contributed by atoms with Gasteiger partial charge in [-0.2, -0.15) is 0 Å². The van der Waals surface area contributed by atoms with Crippen LogP contribution in [0.3, 0.4) is 0 Å². The van der Waals surface area contributed by atoms with Gasteiger partial charge in [0.1, 0.15) is 11.9 Å². The summed E-state index contributed by atoms with van der Waals surface area (Å²) in [5.41, 5.74) is 5.40. The van der Waals surface area contributed by atoms with E-state index in [1.54, 1.807) is 6.07 Å². The lowest BCUT2D eigenvalue weighted by molar-refractivity contribution is 0.230. The second kappa shape index (κ2) is 4.33. The highest BCUT2D eigenvalue weighted by Gasteiger charge is 2.03. The number of benzene rings is 1. The zero-order valence-corrected chi connectivity index (χ0v) is 7.71. The first-order valence-corrected chi connectivity index (χ1v) is 4.23. The largest absolute Gasteiger partial charge is 0.488 e. The Kier molecular flexibility index (Phi) is 3.38. The average Bonchev–Trinajstić information content (AvgIpc) is 2.09. The zero-order chi connectivity index (χ0) is 8.97. The highest BCUT2D eigenvalue weighted by Crippen LogP contribution is 2.23. The molecule has 1 atom stereocenters. The van der Waals surface area contributed by atoms with Crippen molar-refractivity contribution in [2.45, 2.75) is 13.0 Å². The Balaban J connectivity index is 2.69. The van der Waals surface area contributed by atoms with Crippen molar-refractivity contribution >= 4 is 11.6 Å². The zero-order valence-electron chi connectivity index (χ0n) is 6.96. The number of rotatable bonds is 3. The van der Waals surface area contributed by atoms with Crippen LogP contribution in [0.1, 0.15) is 6.92 Å². The van der Waals surface area contributed by atoms with Crippen LogP contribution in [-0.2, 0) is 0 Å². The van der Waals surface area contributed by atoms with Crippen LogP contribution < -0.4 is 10.5 Å². The van der Waals surface area contributed by atoms with Gasteiger partial charge in [0, 0.05) is 6.54 Å². The maximum Gasteiger partial charge on any atom is 0.138 e. The number of nitrogens with two attached hydrogens (primary N) is 1. The van der Waals surface area contributed by atoms with Crippen molar-refractivity contribution in [1.29, 1.82) is 0 Å².